The first kappa shape index (κ1) is 20.6. The molecule has 1 aliphatic rings. The van der Waals surface area contributed by atoms with Gasteiger partial charge in [0.2, 0.25) is 0 Å². The Balaban J connectivity index is 2.18. The van der Waals surface area contributed by atoms with Gasteiger partial charge in [0.1, 0.15) is 17.3 Å². The average Bonchev–Trinajstić information content (AvgIpc) is 3.17. The van der Waals surface area contributed by atoms with Crippen LogP contribution >= 0.6 is 0 Å². The summed E-state index contributed by atoms with van der Waals surface area (Å²) >= 11 is 0. The fourth-order valence-corrected chi connectivity index (χ4v) is 3.06. The summed E-state index contributed by atoms with van der Waals surface area (Å²) in [7, 11) is 1.36. The zero-order chi connectivity index (χ0) is 19.8. The molecule has 0 spiro atoms. The molecule has 1 saturated heterocycles. The summed E-state index contributed by atoms with van der Waals surface area (Å²) in [5.41, 5.74) is 2.93. The van der Waals surface area contributed by atoms with E-state index >= 15 is 0 Å². The van der Waals surface area contributed by atoms with Gasteiger partial charge in [-0.25, -0.2) is 0 Å². The second-order valence-corrected chi connectivity index (χ2v) is 6.35. The Kier molecular flexibility index (Phi) is 7.46. The number of phenols is 2. The number of hydrogen-bond acceptors (Lipinski definition) is 7. The summed E-state index contributed by atoms with van der Waals surface area (Å²) in [6.07, 6.45) is 3.76. The van der Waals surface area contributed by atoms with Crippen molar-refractivity contribution in [1.82, 2.24) is 9.80 Å². The third-order valence-electron chi connectivity index (χ3n) is 4.54. The van der Waals surface area contributed by atoms with E-state index in [1.54, 1.807) is 4.90 Å². The molecule has 0 unspecified atom stereocenters. The highest BCUT2D eigenvalue weighted by Crippen LogP contribution is 2.35. The van der Waals surface area contributed by atoms with E-state index in [9.17, 15) is 20.3 Å². The third kappa shape index (κ3) is 5.36. The van der Waals surface area contributed by atoms with Crippen LogP contribution < -0.4 is 5.48 Å². The van der Waals surface area contributed by atoms with E-state index in [0.29, 0.717) is 18.7 Å². The molecule has 0 radical (unpaired) electrons. The van der Waals surface area contributed by atoms with Crippen molar-refractivity contribution in [3.63, 3.8) is 0 Å². The largest absolute Gasteiger partial charge is 0.504 e. The number of carbonyl (C=O) groups is 1. The molecule has 0 saturated carbocycles. The lowest BCUT2D eigenvalue weighted by Gasteiger charge is -2.24. The number of amides is 1. The molecule has 2 rings (SSSR count). The van der Waals surface area contributed by atoms with E-state index in [1.807, 2.05) is 13.0 Å². The molecule has 1 aromatic rings. The van der Waals surface area contributed by atoms with Crippen LogP contribution in [-0.2, 0) is 9.63 Å². The highest BCUT2D eigenvalue weighted by molar-refractivity contribution is 6.01. The number of phenolic OH excluding ortho intramolecular Hbond substituents is 2. The van der Waals surface area contributed by atoms with Crippen molar-refractivity contribution in [2.24, 2.45) is 0 Å². The minimum absolute atomic E-state index is 0.0354. The van der Waals surface area contributed by atoms with E-state index in [1.165, 1.54) is 38.2 Å². The maximum absolute atomic E-state index is 12.7. The first-order valence-electron chi connectivity index (χ1n) is 8.98. The van der Waals surface area contributed by atoms with Crippen molar-refractivity contribution in [2.45, 2.75) is 19.8 Å². The van der Waals surface area contributed by atoms with Crippen molar-refractivity contribution in [3.05, 3.63) is 23.3 Å². The van der Waals surface area contributed by atoms with Crippen LogP contribution in [0.15, 0.2) is 17.7 Å². The van der Waals surface area contributed by atoms with E-state index in [-0.39, 0.29) is 28.7 Å². The summed E-state index contributed by atoms with van der Waals surface area (Å²) in [6, 6.07) is 4.69. The quantitative estimate of drug-likeness (QED) is 0.276. The van der Waals surface area contributed by atoms with Gasteiger partial charge in [-0.15, -0.1) is 0 Å². The molecule has 27 heavy (non-hydrogen) atoms. The third-order valence-corrected chi connectivity index (χ3v) is 4.54. The van der Waals surface area contributed by atoms with Gasteiger partial charge in [0, 0.05) is 19.6 Å². The van der Waals surface area contributed by atoms with Crippen LogP contribution in [0, 0.1) is 11.3 Å². The summed E-state index contributed by atoms with van der Waals surface area (Å²) in [5, 5.41) is 29.1. The summed E-state index contributed by atoms with van der Waals surface area (Å²) in [5.74, 6) is -1.11. The molecule has 1 heterocycles. The topological polar surface area (TPSA) is 109 Å². The SMILES string of the molecule is CCN(CCN1CCCC1)C(=O)/C(C#N)=C/c1cc(O)c(O)c(NOC)c1. The molecule has 1 fully saturated rings. The number of anilines is 1. The predicted molar refractivity (Wildman–Crippen MR) is 102 cm³/mol. The molecule has 0 bridgehead atoms. The van der Waals surface area contributed by atoms with Gasteiger partial charge in [0.15, 0.2) is 11.5 Å². The normalized spacial score (nSPS) is 14.8. The van der Waals surface area contributed by atoms with E-state index in [0.717, 1.165) is 19.6 Å². The maximum Gasteiger partial charge on any atom is 0.264 e. The molecular formula is C19H26N4O4. The molecule has 1 amide bonds. The van der Waals surface area contributed by atoms with Crippen LogP contribution in [0.4, 0.5) is 5.69 Å². The van der Waals surface area contributed by atoms with Gasteiger partial charge in [-0.3, -0.25) is 15.1 Å². The summed E-state index contributed by atoms with van der Waals surface area (Å²) in [6.45, 7) is 5.84. The fraction of sp³-hybridized carbons (Fsp3) is 0.474. The highest BCUT2D eigenvalue weighted by atomic mass is 16.6. The standard InChI is InChI=1S/C19H26N4O4/c1-3-23(9-8-22-6-4-5-7-22)19(26)15(13-20)10-14-11-16(21-27-2)18(25)17(24)12-14/h10-12,21,24-25H,3-9H2,1-2H3/b15-10+. The Morgan fingerprint density at radius 3 is 2.70 bits per heavy atom. The molecule has 146 valence electrons. The number of likely N-dealkylation sites (N-methyl/N-ethyl adjacent to an activating group) is 1. The Morgan fingerprint density at radius 2 is 2.11 bits per heavy atom. The van der Waals surface area contributed by atoms with Crippen LogP contribution in [0.2, 0.25) is 0 Å². The van der Waals surface area contributed by atoms with Crippen molar-refractivity contribution < 1.29 is 19.8 Å². The van der Waals surface area contributed by atoms with Crippen molar-refractivity contribution in [3.8, 4) is 17.6 Å². The van der Waals surface area contributed by atoms with E-state index in [2.05, 4.69) is 10.4 Å². The van der Waals surface area contributed by atoms with Gasteiger partial charge in [0.05, 0.1) is 7.11 Å². The number of benzene rings is 1. The minimum Gasteiger partial charge on any atom is -0.504 e. The van der Waals surface area contributed by atoms with Gasteiger partial charge in [-0.1, -0.05) is 0 Å². The van der Waals surface area contributed by atoms with E-state index in [4.69, 9.17) is 4.84 Å². The van der Waals surface area contributed by atoms with Crippen LogP contribution in [0.1, 0.15) is 25.3 Å². The Hall–Kier alpha value is -2.76. The molecule has 0 aromatic heterocycles. The van der Waals surface area contributed by atoms with Gasteiger partial charge < -0.3 is 20.0 Å². The number of carbonyl (C=O) groups excluding carboxylic acids is 1. The monoisotopic (exact) mass is 374 g/mol. The van der Waals surface area contributed by atoms with Gasteiger partial charge in [-0.05, 0) is 56.6 Å². The molecule has 8 heteroatoms. The molecule has 0 atom stereocenters. The number of nitrogens with zero attached hydrogens (tertiary/aromatic N) is 3. The van der Waals surface area contributed by atoms with Crippen LogP contribution in [-0.4, -0.2) is 65.8 Å². The Labute approximate surface area is 159 Å². The number of aromatic hydroxyl groups is 2. The zero-order valence-corrected chi connectivity index (χ0v) is 15.7. The number of rotatable bonds is 8. The first-order chi connectivity index (χ1) is 13.0. The molecule has 1 aliphatic heterocycles. The molecule has 3 N–H and O–H groups in total. The smallest absolute Gasteiger partial charge is 0.264 e. The zero-order valence-electron chi connectivity index (χ0n) is 15.7. The van der Waals surface area contributed by atoms with Gasteiger partial charge >= 0.3 is 0 Å². The lowest BCUT2D eigenvalue weighted by molar-refractivity contribution is -0.126. The minimum atomic E-state index is -0.380. The Morgan fingerprint density at radius 1 is 1.41 bits per heavy atom. The second-order valence-electron chi connectivity index (χ2n) is 6.35. The van der Waals surface area contributed by atoms with Crippen molar-refractivity contribution >= 4 is 17.7 Å². The Bertz CT molecular complexity index is 736. The van der Waals surface area contributed by atoms with E-state index < -0.39 is 0 Å². The van der Waals surface area contributed by atoms with Gasteiger partial charge in [-0.2, -0.15) is 5.26 Å². The number of hydrogen-bond donors (Lipinski definition) is 3. The van der Waals surface area contributed by atoms with Gasteiger partial charge in [0.25, 0.3) is 5.91 Å². The molecule has 0 aliphatic carbocycles. The first-order valence-corrected chi connectivity index (χ1v) is 8.98. The molecule has 8 nitrogen and oxygen atoms in total. The number of nitriles is 1. The summed E-state index contributed by atoms with van der Waals surface area (Å²) in [4.78, 5) is 21.4. The highest BCUT2D eigenvalue weighted by Gasteiger charge is 2.19. The molecular weight excluding hydrogens is 348 g/mol. The van der Waals surface area contributed by atoms with Crippen molar-refractivity contribution in [1.29, 1.82) is 5.26 Å². The fourth-order valence-electron chi connectivity index (χ4n) is 3.06. The van der Waals surface area contributed by atoms with Crippen molar-refractivity contribution in [2.75, 3.05) is 45.3 Å². The maximum atomic E-state index is 12.7. The lowest BCUT2D eigenvalue weighted by atomic mass is 10.1. The molecule has 1 aromatic carbocycles. The van der Waals surface area contributed by atoms with Crippen LogP contribution in [0.3, 0.4) is 0 Å². The number of likely N-dealkylation sites (tertiary alicyclic amines) is 1. The van der Waals surface area contributed by atoms with Crippen LogP contribution in [0.25, 0.3) is 6.08 Å². The predicted octanol–water partition coefficient (Wildman–Crippen LogP) is 1.92. The summed E-state index contributed by atoms with van der Waals surface area (Å²) < 4.78 is 0. The lowest BCUT2D eigenvalue weighted by Crippen LogP contribution is -2.38. The van der Waals surface area contributed by atoms with Crippen LogP contribution in [0.5, 0.6) is 11.5 Å². The number of nitrogens with one attached hydrogen (secondary N) is 1. The second kappa shape index (κ2) is 9.80. The average molecular weight is 374 g/mol.